The van der Waals surface area contributed by atoms with Crippen molar-refractivity contribution in [2.24, 2.45) is 0 Å². The standard InChI is InChI=1S/C52H33NO2/c1-2-13-36-33-39(27-26-34(36)12-1)38-15-9-14-37(32-38)35-28-30-40(31-29-35)53(46-21-11-25-50-52(46)44-18-5-8-23-48(44)55-50)45-20-6-3-16-41(45)42-19-10-24-49-51(42)43-17-4-7-22-47(43)54-49/h1-33H. The number of benzene rings is 9. The first-order valence-corrected chi connectivity index (χ1v) is 18.7. The zero-order valence-corrected chi connectivity index (χ0v) is 29.8. The van der Waals surface area contributed by atoms with Gasteiger partial charge in [0.2, 0.25) is 0 Å². The predicted octanol–water partition coefficient (Wildman–Crippen LogP) is 15.1. The number of hydrogen-bond donors (Lipinski definition) is 0. The van der Waals surface area contributed by atoms with Crippen molar-refractivity contribution in [2.45, 2.75) is 0 Å². The molecule has 0 fully saturated rings. The Labute approximate surface area is 317 Å². The molecule has 0 atom stereocenters. The molecule has 0 spiro atoms. The lowest BCUT2D eigenvalue weighted by molar-refractivity contribution is 0.668. The molecule has 258 valence electrons. The summed E-state index contributed by atoms with van der Waals surface area (Å²) in [5, 5.41) is 6.87. The van der Waals surface area contributed by atoms with Gasteiger partial charge in [0, 0.05) is 27.4 Å². The minimum atomic E-state index is 0.853. The number of fused-ring (bicyclic) bond motifs is 7. The number of para-hydroxylation sites is 3. The lowest BCUT2D eigenvalue weighted by Gasteiger charge is -2.29. The van der Waals surface area contributed by atoms with Crippen molar-refractivity contribution in [1.29, 1.82) is 0 Å². The molecule has 0 aliphatic rings. The van der Waals surface area contributed by atoms with Crippen molar-refractivity contribution in [3.63, 3.8) is 0 Å². The maximum atomic E-state index is 6.43. The molecular formula is C52H33NO2. The quantitative estimate of drug-likeness (QED) is 0.173. The van der Waals surface area contributed by atoms with Crippen LogP contribution in [0.2, 0.25) is 0 Å². The van der Waals surface area contributed by atoms with Crippen molar-refractivity contribution in [3.8, 4) is 33.4 Å². The Morgan fingerprint density at radius 2 is 0.836 bits per heavy atom. The van der Waals surface area contributed by atoms with Crippen molar-refractivity contribution >= 4 is 71.7 Å². The first-order valence-electron chi connectivity index (χ1n) is 18.7. The normalized spacial score (nSPS) is 11.6. The summed E-state index contributed by atoms with van der Waals surface area (Å²) in [7, 11) is 0. The van der Waals surface area contributed by atoms with Crippen LogP contribution >= 0.6 is 0 Å². The summed E-state index contributed by atoms with van der Waals surface area (Å²) in [4.78, 5) is 2.38. The first-order chi connectivity index (χ1) is 27.3. The largest absolute Gasteiger partial charge is 0.456 e. The maximum absolute atomic E-state index is 6.43. The van der Waals surface area contributed by atoms with Crippen LogP contribution in [-0.4, -0.2) is 0 Å². The SMILES string of the molecule is c1cc(-c2ccc(N(c3ccccc3-c3cccc4oc5ccccc5c34)c3cccc4oc5ccccc5c34)cc2)cc(-c2ccc3ccccc3c2)c1. The third-order valence-corrected chi connectivity index (χ3v) is 10.9. The number of furan rings is 2. The van der Waals surface area contributed by atoms with Gasteiger partial charge in [-0.1, -0.05) is 140 Å². The lowest BCUT2D eigenvalue weighted by Crippen LogP contribution is -2.11. The monoisotopic (exact) mass is 703 g/mol. The fourth-order valence-corrected chi connectivity index (χ4v) is 8.30. The van der Waals surface area contributed by atoms with Gasteiger partial charge in [-0.05, 0) is 99.3 Å². The van der Waals surface area contributed by atoms with Gasteiger partial charge in [0.25, 0.3) is 0 Å². The second kappa shape index (κ2) is 12.6. The van der Waals surface area contributed by atoms with E-state index in [1.54, 1.807) is 0 Å². The molecule has 9 aromatic carbocycles. The third kappa shape index (κ3) is 5.20. The van der Waals surface area contributed by atoms with E-state index >= 15 is 0 Å². The van der Waals surface area contributed by atoms with Gasteiger partial charge in [0.1, 0.15) is 22.3 Å². The van der Waals surface area contributed by atoms with Gasteiger partial charge in [-0.2, -0.15) is 0 Å². The Kier molecular flexibility index (Phi) is 7.17. The van der Waals surface area contributed by atoms with Crippen LogP contribution in [0.25, 0.3) is 88.0 Å². The van der Waals surface area contributed by atoms with E-state index in [4.69, 9.17) is 8.83 Å². The molecular weight excluding hydrogens is 671 g/mol. The maximum Gasteiger partial charge on any atom is 0.137 e. The number of hydrogen-bond acceptors (Lipinski definition) is 3. The number of anilines is 3. The van der Waals surface area contributed by atoms with E-state index in [2.05, 4.69) is 181 Å². The van der Waals surface area contributed by atoms with Gasteiger partial charge < -0.3 is 13.7 Å². The molecule has 0 bridgehead atoms. The van der Waals surface area contributed by atoms with E-state index < -0.39 is 0 Å². The summed E-state index contributed by atoms with van der Waals surface area (Å²) in [5.74, 6) is 0. The van der Waals surface area contributed by atoms with Crippen molar-refractivity contribution < 1.29 is 8.83 Å². The summed E-state index contributed by atoms with van der Waals surface area (Å²) in [5.41, 5.74) is 13.6. The molecule has 55 heavy (non-hydrogen) atoms. The van der Waals surface area contributed by atoms with Crippen LogP contribution < -0.4 is 4.90 Å². The fourth-order valence-electron chi connectivity index (χ4n) is 8.30. The molecule has 0 saturated heterocycles. The van der Waals surface area contributed by atoms with Crippen LogP contribution in [0.4, 0.5) is 17.1 Å². The first kappa shape index (κ1) is 31.2. The van der Waals surface area contributed by atoms with Gasteiger partial charge >= 0.3 is 0 Å². The molecule has 0 aliphatic heterocycles. The Hall–Kier alpha value is -7.36. The number of rotatable bonds is 6. The minimum Gasteiger partial charge on any atom is -0.456 e. The molecule has 0 aliphatic carbocycles. The highest BCUT2D eigenvalue weighted by Gasteiger charge is 2.23. The highest BCUT2D eigenvalue weighted by Crippen LogP contribution is 2.48. The zero-order chi connectivity index (χ0) is 36.3. The fraction of sp³-hybridized carbons (Fsp3) is 0. The summed E-state index contributed by atoms with van der Waals surface area (Å²) < 4.78 is 12.8. The van der Waals surface area contributed by atoms with Crippen molar-refractivity contribution in [1.82, 2.24) is 0 Å². The molecule has 0 N–H and O–H groups in total. The smallest absolute Gasteiger partial charge is 0.137 e. The number of nitrogens with zero attached hydrogens (tertiary/aromatic N) is 1. The predicted molar refractivity (Wildman–Crippen MR) is 229 cm³/mol. The average Bonchev–Trinajstić information content (AvgIpc) is 3.83. The molecule has 0 saturated carbocycles. The van der Waals surface area contributed by atoms with Crippen LogP contribution in [0.15, 0.2) is 209 Å². The average molecular weight is 704 g/mol. The Morgan fingerprint density at radius 1 is 0.309 bits per heavy atom. The second-order valence-corrected chi connectivity index (χ2v) is 14.1. The topological polar surface area (TPSA) is 29.5 Å². The molecule has 3 nitrogen and oxygen atoms in total. The van der Waals surface area contributed by atoms with Crippen LogP contribution in [-0.2, 0) is 0 Å². The molecule has 0 radical (unpaired) electrons. The summed E-state index contributed by atoms with van der Waals surface area (Å²) in [6.45, 7) is 0. The lowest BCUT2D eigenvalue weighted by atomic mass is 9.96. The Morgan fingerprint density at radius 3 is 1.64 bits per heavy atom. The van der Waals surface area contributed by atoms with Gasteiger partial charge in [-0.25, -0.2) is 0 Å². The van der Waals surface area contributed by atoms with Crippen LogP contribution in [0.3, 0.4) is 0 Å². The van der Waals surface area contributed by atoms with Crippen molar-refractivity contribution in [2.75, 3.05) is 4.90 Å². The molecule has 0 unspecified atom stereocenters. The third-order valence-electron chi connectivity index (χ3n) is 10.9. The van der Waals surface area contributed by atoms with E-state index in [-0.39, 0.29) is 0 Å². The molecule has 11 rings (SSSR count). The van der Waals surface area contributed by atoms with Gasteiger partial charge in [-0.15, -0.1) is 0 Å². The molecule has 11 aromatic rings. The Bertz CT molecular complexity index is 3220. The summed E-state index contributed by atoms with van der Waals surface area (Å²) in [6.07, 6.45) is 0. The van der Waals surface area contributed by atoms with Gasteiger partial charge in [0.05, 0.1) is 16.8 Å². The van der Waals surface area contributed by atoms with Crippen LogP contribution in [0.1, 0.15) is 0 Å². The molecule has 3 heteroatoms. The van der Waals surface area contributed by atoms with E-state index in [1.165, 1.54) is 27.5 Å². The van der Waals surface area contributed by atoms with Crippen LogP contribution in [0.5, 0.6) is 0 Å². The van der Waals surface area contributed by atoms with E-state index in [9.17, 15) is 0 Å². The molecule has 2 heterocycles. The molecule has 0 amide bonds. The van der Waals surface area contributed by atoms with Crippen molar-refractivity contribution in [3.05, 3.63) is 200 Å². The molecule has 2 aromatic heterocycles. The zero-order valence-electron chi connectivity index (χ0n) is 29.8. The second-order valence-electron chi connectivity index (χ2n) is 14.1. The summed E-state index contributed by atoms with van der Waals surface area (Å²) >= 11 is 0. The van der Waals surface area contributed by atoms with E-state index in [0.29, 0.717) is 0 Å². The van der Waals surface area contributed by atoms with E-state index in [1.807, 2.05) is 24.3 Å². The summed E-state index contributed by atoms with van der Waals surface area (Å²) in [6, 6.07) is 71.0. The van der Waals surface area contributed by atoms with Gasteiger partial charge in [0.15, 0.2) is 0 Å². The highest BCUT2D eigenvalue weighted by atomic mass is 16.3. The van der Waals surface area contributed by atoms with Crippen LogP contribution in [0, 0.1) is 0 Å². The minimum absolute atomic E-state index is 0.853. The highest BCUT2D eigenvalue weighted by molar-refractivity contribution is 6.16. The Balaban J connectivity index is 1.09. The van der Waals surface area contributed by atoms with Gasteiger partial charge in [-0.3, -0.25) is 0 Å². The van der Waals surface area contributed by atoms with E-state index in [0.717, 1.165) is 77.6 Å².